The van der Waals surface area contributed by atoms with E-state index in [1.807, 2.05) is 45.9 Å². The van der Waals surface area contributed by atoms with Gasteiger partial charge in [0, 0.05) is 35.8 Å². The van der Waals surface area contributed by atoms with Gasteiger partial charge in [0.2, 0.25) is 0 Å². The number of unbranched alkanes of at least 4 members (excludes halogenated alkanes) is 1. The fraction of sp³-hybridized carbons (Fsp3) is 0.552. The third kappa shape index (κ3) is 15.8. The van der Waals surface area contributed by atoms with Crippen molar-refractivity contribution in [3.63, 3.8) is 0 Å². The van der Waals surface area contributed by atoms with Crippen molar-refractivity contribution < 1.29 is 14.3 Å². The number of carbonyl (C=O) groups is 1. The third-order valence-corrected chi connectivity index (χ3v) is 5.14. The molecule has 1 aromatic carbocycles. The molecule has 0 unspecified atom stereocenters. The molecule has 2 aromatic rings. The molecule has 208 valence electrons. The van der Waals surface area contributed by atoms with Crippen LogP contribution in [-0.2, 0) is 11.2 Å². The van der Waals surface area contributed by atoms with Crippen LogP contribution in [0, 0.1) is 12.3 Å². The molecule has 1 aromatic heterocycles. The van der Waals surface area contributed by atoms with Crippen molar-refractivity contribution in [2.75, 3.05) is 19.4 Å². The molecule has 37 heavy (non-hydrogen) atoms. The van der Waals surface area contributed by atoms with Crippen LogP contribution >= 0.6 is 11.6 Å². The Morgan fingerprint density at radius 1 is 1.14 bits per heavy atom. The highest BCUT2D eigenvalue weighted by Gasteiger charge is 2.15. The van der Waals surface area contributed by atoms with Crippen molar-refractivity contribution in [1.82, 2.24) is 10.3 Å². The van der Waals surface area contributed by atoms with Crippen molar-refractivity contribution in [1.29, 1.82) is 5.41 Å². The molecule has 8 heteroatoms. The van der Waals surface area contributed by atoms with E-state index in [0.717, 1.165) is 61.1 Å². The van der Waals surface area contributed by atoms with E-state index in [2.05, 4.69) is 31.1 Å². The van der Waals surface area contributed by atoms with Crippen molar-refractivity contribution in [3.05, 3.63) is 52.3 Å². The zero-order chi connectivity index (χ0) is 28.4. The fourth-order valence-corrected chi connectivity index (χ4v) is 3.35. The van der Waals surface area contributed by atoms with Gasteiger partial charge in [0.1, 0.15) is 16.5 Å². The lowest BCUT2D eigenvalue weighted by Gasteiger charge is -2.19. The minimum absolute atomic E-state index is 0.323. The summed E-state index contributed by atoms with van der Waals surface area (Å²) in [6.07, 6.45) is 7.38. The number of alkyl carbamates (subject to hydrolysis) is 1. The Morgan fingerprint density at radius 3 is 2.32 bits per heavy atom. The lowest BCUT2D eigenvalue weighted by molar-refractivity contribution is 0.0527. The van der Waals surface area contributed by atoms with Crippen LogP contribution in [0.25, 0.3) is 0 Å². The first-order valence-electron chi connectivity index (χ1n) is 13.0. The number of halogens is 1. The van der Waals surface area contributed by atoms with Crippen LogP contribution in [-0.4, -0.2) is 36.0 Å². The van der Waals surface area contributed by atoms with Gasteiger partial charge in [0.15, 0.2) is 0 Å². The first-order valence-corrected chi connectivity index (χ1v) is 13.3. The number of anilines is 1. The molecule has 0 spiro atoms. The predicted octanol–water partition coefficient (Wildman–Crippen LogP) is 7.75. The zero-order valence-corrected chi connectivity index (χ0v) is 24.7. The maximum atomic E-state index is 11.0. The van der Waals surface area contributed by atoms with Crippen LogP contribution in [0.15, 0.2) is 30.5 Å². The number of benzene rings is 1. The molecule has 0 saturated heterocycles. The summed E-state index contributed by atoms with van der Waals surface area (Å²) in [5.74, 6) is 0.900. The van der Waals surface area contributed by atoms with Gasteiger partial charge in [-0.1, -0.05) is 57.7 Å². The summed E-state index contributed by atoms with van der Waals surface area (Å²) >= 11 is 5.72. The number of aryl methyl sites for hydroxylation is 2. The van der Waals surface area contributed by atoms with Crippen molar-refractivity contribution in [2.24, 2.45) is 0 Å². The number of methoxy groups -OCH3 is 1. The Balaban J connectivity index is 0.000000526. The molecule has 2 rings (SSSR count). The summed E-state index contributed by atoms with van der Waals surface area (Å²) in [5.41, 5.74) is 9.79. The molecule has 0 atom stereocenters. The van der Waals surface area contributed by atoms with Crippen LogP contribution in [0.2, 0.25) is 5.15 Å². The van der Waals surface area contributed by atoms with E-state index in [1.165, 1.54) is 5.56 Å². The number of hydrogen-bond donors (Lipinski definition) is 3. The molecule has 0 aliphatic carbocycles. The molecular weight excluding hydrogens is 488 g/mol. The Bertz CT molecular complexity index is 959. The number of nitrogens with one attached hydrogen (secondary N) is 2. The fourth-order valence-electron chi connectivity index (χ4n) is 3.14. The normalized spacial score (nSPS) is 10.3. The van der Waals surface area contributed by atoms with Gasteiger partial charge in [-0.2, -0.15) is 0 Å². The zero-order valence-electron chi connectivity index (χ0n) is 24.0. The summed E-state index contributed by atoms with van der Waals surface area (Å²) in [7, 11) is 1.67. The minimum atomic E-state index is -0.393. The van der Waals surface area contributed by atoms with Crippen LogP contribution in [0.4, 0.5) is 10.5 Å². The lowest BCUT2D eigenvalue weighted by atomic mass is 10.0. The van der Waals surface area contributed by atoms with E-state index < -0.39 is 5.60 Å². The van der Waals surface area contributed by atoms with Crippen LogP contribution in [0.5, 0.6) is 5.75 Å². The number of nitrogens with zero attached hydrogens (tertiary/aromatic N) is 1. The van der Waals surface area contributed by atoms with E-state index in [0.29, 0.717) is 17.4 Å². The molecule has 0 aliphatic rings. The number of rotatable bonds is 9. The van der Waals surface area contributed by atoms with Crippen molar-refractivity contribution in [3.8, 4) is 5.75 Å². The van der Waals surface area contributed by atoms with E-state index in [9.17, 15) is 4.79 Å². The molecular formula is C29H47ClN4O3. The second-order valence-electron chi connectivity index (χ2n) is 9.65. The summed E-state index contributed by atoms with van der Waals surface area (Å²) in [6, 6.07) is 7.59. The Morgan fingerprint density at radius 2 is 1.81 bits per heavy atom. The molecule has 0 bridgehead atoms. The number of hydrogen-bond acceptors (Lipinski definition) is 6. The summed E-state index contributed by atoms with van der Waals surface area (Å²) in [5, 5.41) is 10.9. The highest BCUT2D eigenvalue weighted by molar-refractivity contribution is 6.29. The average molecular weight is 535 g/mol. The van der Waals surface area contributed by atoms with Gasteiger partial charge in [0.05, 0.1) is 7.11 Å². The van der Waals surface area contributed by atoms with Crippen molar-refractivity contribution >= 4 is 29.1 Å². The monoisotopic (exact) mass is 534 g/mol. The molecule has 0 fully saturated rings. The lowest BCUT2D eigenvalue weighted by Crippen LogP contribution is -2.32. The van der Waals surface area contributed by atoms with E-state index in [4.69, 9.17) is 32.2 Å². The van der Waals surface area contributed by atoms with Crippen molar-refractivity contribution in [2.45, 2.75) is 92.6 Å². The van der Waals surface area contributed by atoms with Crippen LogP contribution in [0.1, 0.15) is 90.3 Å². The number of ether oxygens (including phenoxy) is 2. The molecule has 7 nitrogen and oxygen atoms in total. The van der Waals surface area contributed by atoms with Gasteiger partial charge in [-0.05, 0) is 70.2 Å². The standard InChI is InChI=1S/C10H13ClN2.C10H15NO.C9H19NO2/c1-3-4-9(12)8-6-13-10(11)5-7(8)2;1-3-4-8-5-6-9(11)7-10(8)12-2;1-5-6-7-10-8(11)12-9(2,3)4/h5-6,12H,3-4H2,1-2H3;5-7H,3-4,11H2,1-2H3;5-7H2,1-4H3,(H,10,11). The van der Waals surface area contributed by atoms with E-state index >= 15 is 0 Å². The number of amides is 1. The molecule has 0 radical (unpaired) electrons. The smallest absolute Gasteiger partial charge is 0.407 e. The van der Waals surface area contributed by atoms with E-state index in [1.54, 1.807) is 19.4 Å². The van der Waals surface area contributed by atoms with E-state index in [-0.39, 0.29) is 6.09 Å². The Kier molecular flexibility index (Phi) is 17.0. The molecule has 1 heterocycles. The predicted molar refractivity (Wildman–Crippen MR) is 156 cm³/mol. The number of nitrogen functional groups attached to an aromatic ring is 1. The third-order valence-electron chi connectivity index (χ3n) is 4.93. The maximum Gasteiger partial charge on any atom is 0.407 e. The first kappa shape index (κ1) is 34.2. The minimum Gasteiger partial charge on any atom is -0.496 e. The molecule has 1 amide bonds. The van der Waals surface area contributed by atoms with Crippen LogP contribution in [0.3, 0.4) is 0 Å². The summed E-state index contributed by atoms with van der Waals surface area (Å²) in [6.45, 7) is 14.5. The second kappa shape index (κ2) is 18.4. The number of aromatic nitrogens is 1. The average Bonchev–Trinajstić information content (AvgIpc) is 2.80. The number of pyridine rings is 1. The Hall–Kier alpha value is -2.80. The van der Waals surface area contributed by atoms with Crippen LogP contribution < -0.4 is 15.8 Å². The summed E-state index contributed by atoms with van der Waals surface area (Å²) < 4.78 is 10.2. The number of nitrogens with two attached hydrogens (primary N) is 1. The SMILES string of the molecule is CCCC(=N)c1cnc(Cl)cc1C.CCCCNC(=O)OC(C)(C)C.CCCc1ccc(N)cc1OC. The van der Waals surface area contributed by atoms with Gasteiger partial charge in [-0.25, -0.2) is 9.78 Å². The molecule has 0 aliphatic heterocycles. The van der Waals surface area contributed by atoms with Gasteiger partial charge in [0.25, 0.3) is 0 Å². The highest BCUT2D eigenvalue weighted by Crippen LogP contribution is 2.22. The highest BCUT2D eigenvalue weighted by atomic mass is 35.5. The van der Waals surface area contributed by atoms with Gasteiger partial charge >= 0.3 is 6.09 Å². The maximum absolute atomic E-state index is 11.0. The first-order chi connectivity index (χ1) is 17.4. The van der Waals surface area contributed by atoms with Gasteiger partial charge < -0.3 is 25.9 Å². The Labute approximate surface area is 229 Å². The van der Waals surface area contributed by atoms with Gasteiger partial charge in [-0.15, -0.1) is 0 Å². The topological polar surface area (TPSA) is 110 Å². The number of carbonyl (C=O) groups excluding carboxylic acids is 1. The molecule has 0 saturated carbocycles. The quantitative estimate of drug-likeness (QED) is 0.132. The summed E-state index contributed by atoms with van der Waals surface area (Å²) in [4.78, 5) is 15.0. The second-order valence-corrected chi connectivity index (χ2v) is 10.0. The largest absolute Gasteiger partial charge is 0.496 e. The molecule has 4 N–H and O–H groups in total. The van der Waals surface area contributed by atoms with Gasteiger partial charge in [-0.3, -0.25) is 0 Å².